The van der Waals surface area contributed by atoms with Crippen LogP contribution in [0.15, 0.2) is 46.3 Å². The molecule has 2 aromatic rings. The number of phenolic OH excluding ortho intramolecular Hbond substituents is 1. The fraction of sp³-hybridized carbons (Fsp3) is 0.467. The molecule has 7 heteroatoms. The van der Waals surface area contributed by atoms with Gasteiger partial charge in [-0.15, -0.1) is 0 Å². The third-order valence-corrected chi connectivity index (χ3v) is 10.2. The van der Waals surface area contributed by atoms with Crippen LogP contribution >= 0.6 is 11.8 Å². The first kappa shape index (κ1) is 23.5. The summed E-state index contributed by atoms with van der Waals surface area (Å²) in [7, 11) is 0. The molecule has 5 fully saturated rings. The third kappa shape index (κ3) is 4.20. The number of hydrogen-bond acceptors (Lipinski definition) is 5. The zero-order valence-corrected chi connectivity index (χ0v) is 21.7. The first-order chi connectivity index (χ1) is 18.0. The molecule has 0 spiro atoms. The SMILES string of the molecule is O=C1N=C(N2CCNCC2)SC1=Cc1cccc(-c2cc(F)c(O)c(C34CC5CC(CC(C5)C3)C4)c2)c1. The molecule has 0 atom stereocenters. The molecule has 1 saturated heterocycles. The number of amidine groups is 1. The molecule has 4 bridgehead atoms. The van der Waals surface area contributed by atoms with E-state index in [1.54, 1.807) is 0 Å². The molecule has 2 aliphatic heterocycles. The number of halogens is 1. The van der Waals surface area contributed by atoms with Gasteiger partial charge in [0.2, 0.25) is 0 Å². The molecule has 5 nitrogen and oxygen atoms in total. The molecule has 1 amide bonds. The Kier molecular flexibility index (Phi) is 5.70. The number of piperazine rings is 1. The summed E-state index contributed by atoms with van der Waals surface area (Å²) in [5, 5.41) is 15.0. The van der Waals surface area contributed by atoms with Crippen LogP contribution < -0.4 is 5.32 Å². The van der Waals surface area contributed by atoms with Crippen LogP contribution in [0.5, 0.6) is 5.75 Å². The van der Waals surface area contributed by atoms with Crippen molar-refractivity contribution < 1.29 is 14.3 Å². The molecule has 0 unspecified atom stereocenters. The van der Waals surface area contributed by atoms with Crippen molar-refractivity contribution in [3.63, 3.8) is 0 Å². The highest BCUT2D eigenvalue weighted by atomic mass is 32.2. The molecule has 2 heterocycles. The van der Waals surface area contributed by atoms with E-state index in [0.717, 1.165) is 72.9 Å². The highest BCUT2D eigenvalue weighted by molar-refractivity contribution is 8.18. The van der Waals surface area contributed by atoms with E-state index in [-0.39, 0.29) is 17.1 Å². The van der Waals surface area contributed by atoms with Crippen LogP contribution in [-0.2, 0) is 10.2 Å². The number of hydrogen-bond donors (Lipinski definition) is 2. The van der Waals surface area contributed by atoms with E-state index < -0.39 is 5.82 Å². The van der Waals surface area contributed by atoms with Crippen molar-refractivity contribution in [1.29, 1.82) is 0 Å². The minimum Gasteiger partial charge on any atom is -0.505 e. The lowest BCUT2D eigenvalue weighted by atomic mass is 9.48. The van der Waals surface area contributed by atoms with Crippen LogP contribution in [0.1, 0.15) is 49.7 Å². The molecule has 4 aliphatic carbocycles. The van der Waals surface area contributed by atoms with Gasteiger partial charge in [-0.05, 0) is 114 Å². The van der Waals surface area contributed by atoms with Crippen molar-refractivity contribution in [3.05, 3.63) is 58.2 Å². The van der Waals surface area contributed by atoms with E-state index >= 15 is 4.39 Å². The summed E-state index contributed by atoms with van der Waals surface area (Å²) in [4.78, 5) is 19.7. The van der Waals surface area contributed by atoms with Gasteiger partial charge in [0.05, 0.1) is 4.91 Å². The highest BCUT2D eigenvalue weighted by Crippen LogP contribution is 2.62. The third-order valence-electron chi connectivity index (χ3n) is 9.19. The molecule has 0 radical (unpaired) electrons. The van der Waals surface area contributed by atoms with Gasteiger partial charge in [0.15, 0.2) is 16.7 Å². The van der Waals surface area contributed by atoms with Gasteiger partial charge >= 0.3 is 0 Å². The number of amides is 1. The van der Waals surface area contributed by atoms with Gasteiger partial charge in [0.25, 0.3) is 5.91 Å². The van der Waals surface area contributed by atoms with Crippen molar-refractivity contribution in [2.24, 2.45) is 22.7 Å². The number of benzene rings is 2. The lowest BCUT2D eigenvalue weighted by Gasteiger charge is -2.57. The Morgan fingerprint density at radius 2 is 1.73 bits per heavy atom. The van der Waals surface area contributed by atoms with Crippen LogP contribution in [0.2, 0.25) is 0 Å². The van der Waals surface area contributed by atoms with Crippen molar-refractivity contribution in [2.75, 3.05) is 26.2 Å². The maximum absolute atomic E-state index is 15.2. The summed E-state index contributed by atoms with van der Waals surface area (Å²) in [6.07, 6.45) is 8.98. The molecule has 37 heavy (non-hydrogen) atoms. The molecule has 8 rings (SSSR count). The van der Waals surface area contributed by atoms with E-state index in [2.05, 4.69) is 15.2 Å². The van der Waals surface area contributed by atoms with Gasteiger partial charge in [-0.25, -0.2) is 4.39 Å². The molecule has 6 aliphatic rings. The Hall–Kier alpha value is -2.64. The average molecular weight is 518 g/mol. The summed E-state index contributed by atoms with van der Waals surface area (Å²) in [6, 6.07) is 11.4. The van der Waals surface area contributed by atoms with Crippen LogP contribution in [0, 0.1) is 23.6 Å². The van der Waals surface area contributed by atoms with Gasteiger partial charge in [-0.3, -0.25) is 4.79 Å². The monoisotopic (exact) mass is 517 g/mol. The molecule has 0 aromatic heterocycles. The average Bonchev–Trinajstić information content (AvgIpc) is 3.25. The minimum atomic E-state index is -0.539. The number of aromatic hydroxyl groups is 1. The second-order valence-corrected chi connectivity index (χ2v) is 12.7. The summed E-state index contributed by atoms with van der Waals surface area (Å²) in [6.45, 7) is 3.48. The fourth-order valence-electron chi connectivity index (χ4n) is 7.96. The van der Waals surface area contributed by atoms with Crippen molar-refractivity contribution in [1.82, 2.24) is 10.2 Å². The van der Waals surface area contributed by atoms with Crippen LogP contribution in [0.25, 0.3) is 17.2 Å². The van der Waals surface area contributed by atoms with Crippen LogP contribution in [-0.4, -0.2) is 47.3 Å². The zero-order valence-electron chi connectivity index (χ0n) is 20.9. The number of thioether (sulfide) groups is 1. The Labute approximate surface area is 221 Å². The normalized spacial score (nSPS) is 31.9. The largest absolute Gasteiger partial charge is 0.505 e. The number of aliphatic imine (C=N–C) groups is 1. The number of phenols is 1. The number of carbonyl (C=O) groups excluding carboxylic acids is 1. The van der Waals surface area contributed by atoms with E-state index in [1.165, 1.54) is 37.1 Å². The summed E-state index contributed by atoms with van der Waals surface area (Å²) < 4.78 is 15.2. The molecule has 2 N–H and O–H groups in total. The quantitative estimate of drug-likeness (QED) is 0.524. The zero-order chi connectivity index (χ0) is 25.1. The van der Waals surface area contributed by atoms with Crippen LogP contribution in [0.3, 0.4) is 0 Å². The first-order valence-corrected chi connectivity index (χ1v) is 14.4. The van der Waals surface area contributed by atoms with E-state index in [9.17, 15) is 9.90 Å². The standard InChI is InChI=1S/C30H32FN3O2S/c31-25-14-23(13-24(27(25)35)30-15-19-8-20(16-30)10-21(9-19)17-30)22-3-1-2-18(11-22)12-26-28(36)33-29(37-26)34-6-4-32-5-7-34/h1-3,11-14,19-21,32,35H,4-10,15-17H2. The lowest BCUT2D eigenvalue weighted by molar-refractivity contribution is -0.113. The maximum atomic E-state index is 15.2. The fourth-order valence-corrected chi connectivity index (χ4v) is 8.92. The molecule has 2 aromatic carbocycles. The summed E-state index contributed by atoms with van der Waals surface area (Å²) in [5.41, 5.74) is 3.26. The Bertz CT molecular complexity index is 1290. The number of carbonyl (C=O) groups is 1. The van der Waals surface area contributed by atoms with Crippen molar-refractivity contribution in [2.45, 2.75) is 43.9 Å². The van der Waals surface area contributed by atoms with E-state index in [4.69, 9.17) is 0 Å². The molecular formula is C30H32FN3O2S. The summed E-state index contributed by atoms with van der Waals surface area (Å²) in [5.74, 6) is 1.23. The minimum absolute atomic E-state index is 0.0973. The van der Waals surface area contributed by atoms with Gasteiger partial charge < -0.3 is 15.3 Å². The van der Waals surface area contributed by atoms with Crippen LogP contribution in [0.4, 0.5) is 4.39 Å². The molecular weight excluding hydrogens is 485 g/mol. The predicted molar refractivity (Wildman–Crippen MR) is 146 cm³/mol. The topological polar surface area (TPSA) is 64.9 Å². The van der Waals surface area contributed by atoms with E-state index in [0.29, 0.717) is 22.7 Å². The first-order valence-electron chi connectivity index (χ1n) is 13.6. The predicted octanol–water partition coefficient (Wildman–Crippen LogP) is 5.54. The van der Waals surface area contributed by atoms with Crippen molar-refractivity contribution in [3.8, 4) is 16.9 Å². The van der Waals surface area contributed by atoms with E-state index in [1.807, 2.05) is 36.4 Å². The number of nitrogens with zero attached hydrogens (tertiary/aromatic N) is 2. The van der Waals surface area contributed by atoms with Gasteiger partial charge in [-0.2, -0.15) is 4.99 Å². The lowest BCUT2D eigenvalue weighted by Crippen LogP contribution is -2.48. The smallest absolute Gasteiger partial charge is 0.286 e. The second kappa shape index (κ2) is 8.98. The summed E-state index contributed by atoms with van der Waals surface area (Å²) >= 11 is 1.43. The number of rotatable bonds is 3. The van der Waals surface area contributed by atoms with Crippen molar-refractivity contribution >= 4 is 28.9 Å². The molecule has 4 saturated carbocycles. The van der Waals surface area contributed by atoms with Gasteiger partial charge in [0.1, 0.15) is 0 Å². The molecule has 192 valence electrons. The maximum Gasteiger partial charge on any atom is 0.286 e. The number of nitrogens with one attached hydrogen (secondary N) is 1. The second-order valence-electron chi connectivity index (χ2n) is 11.7. The van der Waals surface area contributed by atoms with Gasteiger partial charge in [0, 0.05) is 31.7 Å². The Balaban J connectivity index is 1.19. The Morgan fingerprint density at radius 3 is 2.43 bits per heavy atom. The Morgan fingerprint density at radius 1 is 1.03 bits per heavy atom. The van der Waals surface area contributed by atoms with Gasteiger partial charge in [-0.1, -0.05) is 18.2 Å². The highest BCUT2D eigenvalue weighted by Gasteiger charge is 2.52.